The maximum Gasteiger partial charge on any atom is 0.337 e. The standard InChI is InChI=1S/C16H19N3O3S/c1-4-10(5-2)14-18-19-16(23-14)17-13(20)11-6-8-12(9-7-11)15(21)22-3/h6-10H,4-5H2,1-3H3,(H,17,19,20). The Kier molecular flexibility index (Phi) is 5.81. The van der Waals surface area contributed by atoms with Crippen molar-refractivity contribution in [1.29, 1.82) is 0 Å². The Hall–Kier alpha value is -2.28. The SMILES string of the molecule is CCC(CC)c1nnc(NC(=O)c2ccc(C(=O)OC)cc2)s1. The second kappa shape index (κ2) is 7.82. The number of ether oxygens (including phenoxy) is 1. The van der Waals surface area contributed by atoms with Crippen LogP contribution in [-0.4, -0.2) is 29.2 Å². The summed E-state index contributed by atoms with van der Waals surface area (Å²) in [6.07, 6.45) is 1.99. The van der Waals surface area contributed by atoms with Gasteiger partial charge in [-0.25, -0.2) is 4.79 Å². The molecule has 0 saturated heterocycles. The minimum atomic E-state index is -0.434. The van der Waals surface area contributed by atoms with Gasteiger partial charge in [0.25, 0.3) is 5.91 Å². The number of methoxy groups -OCH3 is 1. The van der Waals surface area contributed by atoms with Crippen molar-refractivity contribution in [2.45, 2.75) is 32.6 Å². The van der Waals surface area contributed by atoms with Crippen molar-refractivity contribution in [3.8, 4) is 0 Å². The largest absolute Gasteiger partial charge is 0.465 e. The minimum absolute atomic E-state index is 0.284. The van der Waals surface area contributed by atoms with Crippen LogP contribution in [-0.2, 0) is 4.74 Å². The van der Waals surface area contributed by atoms with Gasteiger partial charge in [0.15, 0.2) is 0 Å². The zero-order valence-corrected chi connectivity index (χ0v) is 14.1. The molecule has 1 aromatic carbocycles. The first-order valence-electron chi connectivity index (χ1n) is 7.42. The number of amides is 1. The van der Waals surface area contributed by atoms with Gasteiger partial charge in [0, 0.05) is 11.5 Å². The summed E-state index contributed by atoms with van der Waals surface area (Å²) >= 11 is 1.40. The van der Waals surface area contributed by atoms with Gasteiger partial charge in [0.05, 0.1) is 12.7 Å². The first-order chi connectivity index (χ1) is 11.1. The lowest BCUT2D eigenvalue weighted by Gasteiger charge is -2.06. The van der Waals surface area contributed by atoms with Crippen LogP contribution in [0.1, 0.15) is 58.3 Å². The van der Waals surface area contributed by atoms with Crippen LogP contribution >= 0.6 is 11.3 Å². The highest BCUT2D eigenvalue weighted by Crippen LogP contribution is 2.28. The van der Waals surface area contributed by atoms with Crippen LogP contribution in [0.3, 0.4) is 0 Å². The van der Waals surface area contributed by atoms with Crippen molar-refractivity contribution in [1.82, 2.24) is 10.2 Å². The third-order valence-electron chi connectivity index (χ3n) is 3.56. The quantitative estimate of drug-likeness (QED) is 0.819. The minimum Gasteiger partial charge on any atom is -0.465 e. The molecule has 0 unspecified atom stereocenters. The number of aromatic nitrogens is 2. The number of hydrogen-bond donors (Lipinski definition) is 1. The fourth-order valence-electron chi connectivity index (χ4n) is 2.13. The van der Waals surface area contributed by atoms with Crippen molar-refractivity contribution in [3.05, 3.63) is 40.4 Å². The first kappa shape index (κ1) is 17.1. The fourth-order valence-corrected chi connectivity index (χ4v) is 3.14. The number of benzene rings is 1. The molecule has 0 saturated carbocycles. The number of hydrogen-bond acceptors (Lipinski definition) is 6. The van der Waals surface area contributed by atoms with Crippen LogP contribution in [0, 0.1) is 0 Å². The zero-order chi connectivity index (χ0) is 16.8. The lowest BCUT2D eigenvalue weighted by atomic mass is 10.1. The van der Waals surface area contributed by atoms with E-state index in [4.69, 9.17) is 0 Å². The summed E-state index contributed by atoms with van der Waals surface area (Å²) in [5.74, 6) is -0.345. The topological polar surface area (TPSA) is 81.2 Å². The van der Waals surface area contributed by atoms with Gasteiger partial charge in [-0.15, -0.1) is 10.2 Å². The first-order valence-corrected chi connectivity index (χ1v) is 8.23. The summed E-state index contributed by atoms with van der Waals surface area (Å²) in [6, 6.07) is 6.25. The average molecular weight is 333 g/mol. The number of carbonyl (C=O) groups is 2. The molecule has 0 atom stereocenters. The molecule has 2 aromatic rings. The summed E-state index contributed by atoms with van der Waals surface area (Å²) in [4.78, 5) is 23.6. The maximum absolute atomic E-state index is 12.2. The normalized spacial score (nSPS) is 10.6. The van der Waals surface area contributed by atoms with Crippen molar-refractivity contribution in [2.75, 3.05) is 12.4 Å². The maximum atomic E-state index is 12.2. The molecule has 0 fully saturated rings. The van der Waals surface area contributed by atoms with E-state index in [0.717, 1.165) is 17.8 Å². The molecule has 0 aliphatic rings. The molecule has 1 amide bonds. The smallest absolute Gasteiger partial charge is 0.337 e. The van der Waals surface area contributed by atoms with E-state index in [1.54, 1.807) is 24.3 Å². The van der Waals surface area contributed by atoms with Gasteiger partial charge >= 0.3 is 5.97 Å². The molecule has 23 heavy (non-hydrogen) atoms. The van der Waals surface area contributed by atoms with Gasteiger partial charge in [-0.2, -0.15) is 0 Å². The van der Waals surface area contributed by atoms with Gasteiger partial charge in [-0.1, -0.05) is 25.2 Å². The molecule has 2 rings (SSSR count). The summed E-state index contributed by atoms with van der Waals surface area (Å²) < 4.78 is 4.62. The van der Waals surface area contributed by atoms with E-state index < -0.39 is 5.97 Å². The van der Waals surface area contributed by atoms with Crippen LogP contribution in [0.2, 0.25) is 0 Å². The molecule has 7 heteroatoms. The molecule has 122 valence electrons. The molecule has 1 heterocycles. The lowest BCUT2D eigenvalue weighted by Crippen LogP contribution is -2.12. The summed E-state index contributed by atoms with van der Waals surface area (Å²) in [6.45, 7) is 4.22. The molecule has 0 aliphatic heterocycles. The van der Waals surface area contributed by atoms with E-state index >= 15 is 0 Å². The molecule has 0 aliphatic carbocycles. The Balaban J connectivity index is 2.06. The third-order valence-corrected chi connectivity index (χ3v) is 4.57. The monoisotopic (exact) mass is 333 g/mol. The summed E-state index contributed by atoms with van der Waals surface area (Å²) in [7, 11) is 1.32. The highest BCUT2D eigenvalue weighted by molar-refractivity contribution is 7.15. The number of rotatable bonds is 6. The number of anilines is 1. The van der Waals surface area contributed by atoms with Gasteiger partial charge < -0.3 is 4.74 Å². The molecule has 1 N–H and O–H groups in total. The summed E-state index contributed by atoms with van der Waals surface area (Å²) in [5, 5.41) is 12.3. The Labute approximate surface area is 138 Å². The predicted octanol–water partition coefficient (Wildman–Crippen LogP) is 3.48. The van der Waals surface area contributed by atoms with Crippen molar-refractivity contribution < 1.29 is 14.3 Å². The van der Waals surface area contributed by atoms with Gasteiger partial charge in [-0.3, -0.25) is 10.1 Å². The van der Waals surface area contributed by atoms with Gasteiger partial charge in [-0.05, 0) is 37.1 Å². The molecular weight excluding hydrogens is 314 g/mol. The van der Waals surface area contributed by atoms with Crippen LogP contribution < -0.4 is 5.32 Å². The van der Waals surface area contributed by atoms with Crippen molar-refractivity contribution in [2.24, 2.45) is 0 Å². The number of carbonyl (C=O) groups excluding carboxylic acids is 2. The molecule has 0 radical (unpaired) electrons. The average Bonchev–Trinajstić information content (AvgIpc) is 3.03. The van der Waals surface area contributed by atoms with E-state index in [-0.39, 0.29) is 5.91 Å². The van der Waals surface area contributed by atoms with E-state index in [2.05, 4.69) is 34.1 Å². The van der Waals surface area contributed by atoms with E-state index in [0.29, 0.717) is 22.2 Å². The van der Waals surface area contributed by atoms with Gasteiger partial charge in [0.2, 0.25) is 5.13 Å². The summed E-state index contributed by atoms with van der Waals surface area (Å²) in [5.41, 5.74) is 0.841. The second-order valence-corrected chi connectivity index (χ2v) is 5.99. The molecule has 6 nitrogen and oxygen atoms in total. The lowest BCUT2D eigenvalue weighted by molar-refractivity contribution is 0.0600. The van der Waals surface area contributed by atoms with Crippen LogP contribution in [0.25, 0.3) is 0 Å². The number of esters is 1. The number of nitrogens with zero attached hydrogens (tertiary/aromatic N) is 2. The number of nitrogens with one attached hydrogen (secondary N) is 1. The molecular formula is C16H19N3O3S. The van der Waals surface area contributed by atoms with Gasteiger partial charge in [0.1, 0.15) is 5.01 Å². The molecule has 0 bridgehead atoms. The Morgan fingerprint density at radius 2 is 1.74 bits per heavy atom. The predicted molar refractivity (Wildman–Crippen MR) is 89.0 cm³/mol. The van der Waals surface area contributed by atoms with Crippen LogP contribution in [0.15, 0.2) is 24.3 Å². The van der Waals surface area contributed by atoms with E-state index in [1.165, 1.54) is 18.4 Å². The fraction of sp³-hybridized carbons (Fsp3) is 0.375. The second-order valence-electron chi connectivity index (χ2n) is 4.98. The van der Waals surface area contributed by atoms with Crippen molar-refractivity contribution >= 4 is 28.3 Å². The molecule has 0 spiro atoms. The Morgan fingerprint density at radius 1 is 1.13 bits per heavy atom. The van der Waals surface area contributed by atoms with Crippen LogP contribution in [0.4, 0.5) is 5.13 Å². The third kappa shape index (κ3) is 4.13. The Morgan fingerprint density at radius 3 is 2.30 bits per heavy atom. The van der Waals surface area contributed by atoms with Crippen LogP contribution in [0.5, 0.6) is 0 Å². The highest BCUT2D eigenvalue weighted by atomic mass is 32.1. The highest BCUT2D eigenvalue weighted by Gasteiger charge is 2.15. The van der Waals surface area contributed by atoms with Crippen molar-refractivity contribution in [3.63, 3.8) is 0 Å². The van der Waals surface area contributed by atoms with E-state index in [1.807, 2.05) is 0 Å². The zero-order valence-electron chi connectivity index (χ0n) is 13.3. The molecule has 1 aromatic heterocycles. The van der Waals surface area contributed by atoms with E-state index in [9.17, 15) is 9.59 Å². The Bertz CT molecular complexity index is 678.